The summed E-state index contributed by atoms with van der Waals surface area (Å²) >= 11 is 0. The molecule has 1 saturated carbocycles. The third kappa shape index (κ3) is 2.68. The van der Waals surface area contributed by atoms with Crippen LogP contribution in [0.15, 0.2) is 18.2 Å². The molecule has 0 unspecified atom stereocenters. The lowest BCUT2D eigenvalue weighted by atomic mass is 9.78. The lowest BCUT2D eigenvalue weighted by Crippen LogP contribution is -2.35. The Labute approximate surface area is 104 Å². The fourth-order valence-electron chi connectivity index (χ4n) is 2.42. The molecule has 0 radical (unpaired) electrons. The minimum absolute atomic E-state index is 0.632. The lowest BCUT2D eigenvalue weighted by Gasteiger charge is -2.36. The Morgan fingerprint density at radius 1 is 1.41 bits per heavy atom. The van der Waals surface area contributed by atoms with E-state index in [0.717, 1.165) is 11.5 Å². The molecule has 17 heavy (non-hydrogen) atoms. The highest BCUT2D eigenvalue weighted by molar-refractivity contribution is 5.97. The van der Waals surface area contributed by atoms with Crippen molar-refractivity contribution in [3.63, 3.8) is 0 Å². The summed E-state index contributed by atoms with van der Waals surface area (Å²) in [7, 11) is 0. The first-order valence-corrected chi connectivity index (χ1v) is 6.53. The van der Waals surface area contributed by atoms with Crippen LogP contribution < -0.4 is 5.32 Å². The summed E-state index contributed by atoms with van der Waals surface area (Å²) in [6.07, 6.45) is 3.89. The number of aryl methyl sites for hydroxylation is 1. The molecule has 1 fully saturated rings. The molecule has 0 amide bonds. The van der Waals surface area contributed by atoms with Crippen LogP contribution in [0.4, 0.5) is 5.69 Å². The van der Waals surface area contributed by atoms with E-state index in [0.29, 0.717) is 11.8 Å². The molecule has 0 bridgehead atoms. The molecule has 1 aromatic rings. The SMILES string of the molecule is CCC1CC(Nc2cc(C(C)=N)ccc2C)C1. The zero-order chi connectivity index (χ0) is 12.4. The van der Waals surface area contributed by atoms with Crippen LogP contribution in [0.25, 0.3) is 0 Å². The zero-order valence-electron chi connectivity index (χ0n) is 11.0. The van der Waals surface area contributed by atoms with E-state index in [1.807, 2.05) is 13.0 Å². The average Bonchev–Trinajstić information content (AvgIpc) is 2.24. The van der Waals surface area contributed by atoms with Crippen molar-refractivity contribution in [2.24, 2.45) is 5.92 Å². The van der Waals surface area contributed by atoms with Gasteiger partial charge in [-0.3, -0.25) is 0 Å². The summed E-state index contributed by atoms with van der Waals surface area (Å²) < 4.78 is 0. The molecule has 0 saturated heterocycles. The van der Waals surface area contributed by atoms with Crippen LogP contribution in [-0.4, -0.2) is 11.8 Å². The van der Waals surface area contributed by atoms with E-state index in [4.69, 9.17) is 5.41 Å². The molecule has 1 aliphatic rings. The van der Waals surface area contributed by atoms with Crippen LogP contribution in [0.5, 0.6) is 0 Å². The van der Waals surface area contributed by atoms with Crippen molar-refractivity contribution in [2.75, 3.05) is 5.32 Å². The van der Waals surface area contributed by atoms with Gasteiger partial charge in [-0.05, 0) is 49.8 Å². The summed E-state index contributed by atoms with van der Waals surface area (Å²) in [4.78, 5) is 0. The van der Waals surface area contributed by atoms with Crippen LogP contribution in [0.1, 0.15) is 44.2 Å². The average molecular weight is 230 g/mol. The summed E-state index contributed by atoms with van der Waals surface area (Å²) in [6.45, 7) is 6.23. The third-order valence-electron chi connectivity index (χ3n) is 3.84. The van der Waals surface area contributed by atoms with Crippen molar-refractivity contribution in [1.29, 1.82) is 5.41 Å². The van der Waals surface area contributed by atoms with Gasteiger partial charge in [-0.1, -0.05) is 25.5 Å². The molecule has 2 nitrogen and oxygen atoms in total. The maximum absolute atomic E-state index is 7.68. The van der Waals surface area contributed by atoms with Crippen LogP contribution in [0.2, 0.25) is 0 Å². The Morgan fingerprint density at radius 2 is 2.12 bits per heavy atom. The van der Waals surface area contributed by atoms with E-state index in [9.17, 15) is 0 Å². The summed E-state index contributed by atoms with van der Waals surface area (Å²) in [6, 6.07) is 6.88. The van der Waals surface area contributed by atoms with Gasteiger partial charge < -0.3 is 10.7 Å². The van der Waals surface area contributed by atoms with Gasteiger partial charge in [0.25, 0.3) is 0 Å². The highest BCUT2D eigenvalue weighted by atomic mass is 14.9. The summed E-state index contributed by atoms with van der Waals surface area (Å²) in [5.41, 5.74) is 4.13. The van der Waals surface area contributed by atoms with Gasteiger partial charge in [-0.15, -0.1) is 0 Å². The second-order valence-corrected chi connectivity index (χ2v) is 5.24. The molecule has 92 valence electrons. The van der Waals surface area contributed by atoms with Crippen molar-refractivity contribution in [3.05, 3.63) is 29.3 Å². The standard InChI is InChI=1S/C15H22N2/c1-4-12-7-14(8-12)17-15-9-13(11(3)16)6-5-10(15)2/h5-6,9,12,14,16-17H,4,7-8H2,1-3H3. The van der Waals surface area contributed by atoms with Crippen LogP contribution in [-0.2, 0) is 0 Å². The normalized spacial score (nSPS) is 23.0. The Morgan fingerprint density at radius 3 is 2.71 bits per heavy atom. The number of nitrogens with one attached hydrogen (secondary N) is 2. The molecule has 0 aromatic heterocycles. The predicted octanol–water partition coefficient (Wildman–Crippen LogP) is 3.98. The third-order valence-corrected chi connectivity index (χ3v) is 3.84. The maximum Gasteiger partial charge on any atom is 0.0378 e. The first-order valence-electron chi connectivity index (χ1n) is 6.53. The Balaban J connectivity index is 2.05. The van der Waals surface area contributed by atoms with Gasteiger partial charge in [-0.2, -0.15) is 0 Å². The predicted molar refractivity (Wildman–Crippen MR) is 74.1 cm³/mol. The second-order valence-electron chi connectivity index (χ2n) is 5.24. The molecule has 2 N–H and O–H groups in total. The fourth-order valence-corrected chi connectivity index (χ4v) is 2.42. The molecule has 0 aliphatic heterocycles. The largest absolute Gasteiger partial charge is 0.382 e. The molecule has 1 aromatic carbocycles. The van der Waals surface area contributed by atoms with Crippen molar-refractivity contribution in [1.82, 2.24) is 0 Å². The highest BCUT2D eigenvalue weighted by Crippen LogP contribution is 2.33. The minimum Gasteiger partial charge on any atom is -0.382 e. The summed E-state index contributed by atoms with van der Waals surface area (Å²) in [5, 5.41) is 11.3. The lowest BCUT2D eigenvalue weighted by molar-refractivity contribution is 0.275. The van der Waals surface area contributed by atoms with Gasteiger partial charge in [-0.25, -0.2) is 0 Å². The number of benzene rings is 1. The molecule has 2 rings (SSSR count). The molecular weight excluding hydrogens is 208 g/mol. The minimum atomic E-state index is 0.632. The highest BCUT2D eigenvalue weighted by Gasteiger charge is 2.27. The van der Waals surface area contributed by atoms with Gasteiger partial charge in [0.2, 0.25) is 0 Å². The number of hydrogen-bond donors (Lipinski definition) is 2. The Hall–Kier alpha value is -1.31. The van der Waals surface area contributed by atoms with Gasteiger partial charge in [0.1, 0.15) is 0 Å². The van der Waals surface area contributed by atoms with Crippen molar-refractivity contribution < 1.29 is 0 Å². The smallest absolute Gasteiger partial charge is 0.0378 e. The van der Waals surface area contributed by atoms with Gasteiger partial charge in [0.05, 0.1) is 0 Å². The molecule has 0 spiro atoms. The van der Waals surface area contributed by atoms with E-state index >= 15 is 0 Å². The van der Waals surface area contributed by atoms with Crippen molar-refractivity contribution in [3.8, 4) is 0 Å². The molecule has 0 atom stereocenters. The quantitative estimate of drug-likeness (QED) is 0.754. The van der Waals surface area contributed by atoms with E-state index in [-0.39, 0.29) is 0 Å². The van der Waals surface area contributed by atoms with E-state index in [1.54, 1.807) is 0 Å². The first-order chi connectivity index (χ1) is 8.10. The van der Waals surface area contributed by atoms with Crippen LogP contribution >= 0.6 is 0 Å². The van der Waals surface area contributed by atoms with Crippen LogP contribution in [0.3, 0.4) is 0 Å². The zero-order valence-corrected chi connectivity index (χ0v) is 11.0. The van der Waals surface area contributed by atoms with Gasteiger partial charge in [0.15, 0.2) is 0 Å². The van der Waals surface area contributed by atoms with E-state index in [2.05, 4.69) is 31.3 Å². The molecular formula is C15H22N2. The number of hydrogen-bond acceptors (Lipinski definition) is 2. The molecule has 1 aliphatic carbocycles. The van der Waals surface area contributed by atoms with E-state index in [1.165, 1.54) is 30.5 Å². The van der Waals surface area contributed by atoms with Gasteiger partial charge in [0, 0.05) is 17.4 Å². The fraction of sp³-hybridized carbons (Fsp3) is 0.533. The monoisotopic (exact) mass is 230 g/mol. The van der Waals surface area contributed by atoms with Gasteiger partial charge >= 0.3 is 0 Å². The number of rotatable bonds is 4. The maximum atomic E-state index is 7.68. The summed E-state index contributed by atoms with van der Waals surface area (Å²) in [5.74, 6) is 0.917. The van der Waals surface area contributed by atoms with Crippen molar-refractivity contribution in [2.45, 2.75) is 46.1 Å². The van der Waals surface area contributed by atoms with E-state index < -0.39 is 0 Å². The molecule has 0 heterocycles. The Kier molecular flexibility index (Phi) is 3.51. The second kappa shape index (κ2) is 4.91. The van der Waals surface area contributed by atoms with Crippen LogP contribution in [0, 0.1) is 18.3 Å². The molecule has 2 heteroatoms. The van der Waals surface area contributed by atoms with Crippen molar-refractivity contribution >= 4 is 11.4 Å². The first kappa shape index (κ1) is 12.2. The number of anilines is 1. The topological polar surface area (TPSA) is 35.9 Å². The Bertz CT molecular complexity index is 417.